The molecule has 1 amide bonds. The van der Waals surface area contributed by atoms with E-state index in [1.807, 2.05) is 0 Å². The molecule has 1 aromatic carbocycles. The standard InChI is InChI=1S/C15H19NO5S/c1-3-22(20,21)12-7-4-6-11(10-12)13(17)16-9-5-8-15(16,2)14(18)19/h4,6-7,10H,3,5,8-9H2,1-2H3,(H,18,19). The number of carboxylic acid groups (broad SMARTS) is 1. The summed E-state index contributed by atoms with van der Waals surface area (Å²) < 4.78 is 23.8. The van der Waals surface area contributed by atoms with Gasteiger partial charge in [0, 0.05) is 12.1 Å². The molecule has 1 saturated heterocycles. The summed E-state index contributed by atoms with van der Waals surface area (Å²) in [7, 11) is -3.41. The minimum atomic E-state index is -3.41. The van der Waals surface area contributed by atoms with Crippen LogP contribution in [0.3, 0.4) is 0 Å². The van der Waals surface area contributed by atoms with E-state index in [1.54, 1.807) is 0 Å². The Hall–Kier alpha value is -1.89. The lowest BCUT2D eigenvalue weighted by Gasteiger charge is -2.31. The van der Waals surface area contributed by atoms with Gasteiger partial charge in [-0.05, 0) is 38.0 Å². The van der Waals surface area contributed by atoms with Gasteiger partial charge in [0.1, 0.15) is 5.54 Å². The number of aliphatic carboxylic acids is 1. The zero-order valence-electron chi connectivity index (χ0n) is 12.6. The molecule has 6 nitrogen and oxygen atoms in total. The molecule has 2 rings (SSSR count). The molecule has 1 atom stereocenters. The highest BCUT2D eigenvalue weighted by molar-refractivity contribution is 7.91. The minimum Gasteiger partial charge on any atom is -0.480 e. The predicted octanol–water partition coefficient (Wildman–Crippen LogP) is 1.56. The Morgan fingerprint density at radius 2 is 2.05 bits per heavy atom. The lowest BCUT2D eigenvalue weighted by molar-refractivity contribution is -0.147. The largest absolute Gasteiger partial charge is 0.480 e. The summed E-state index contributed by atoms with van der Waals surface area (Å²) in [6, 6.07) is 5.78. The van der Waals surface area contributed by atoms with Crippen molar-refractivity contribution in [2.45, 2.75) is 37.1 Å². The number of carbonyl (C=O) groups is 2. The number of hydrogen-bond acceptors (Lipinski definition) is 4. The van der Waals surface area contributed by atoms with Gasteiger partial charge >= 0.3 is 5.97 Å². The van der Waals surface area contributed by atoms with E-state index in [2.05, 4.69) is 0 Å². The van der Waals surface area contributed by atoms with Crippen LogP contribution in [0.15, 0.2) is 29.2 Å². The van der Waals surface area contributed by atoms with E-state index in [9.17, 15) is 23.1 Å². The molecule has 1 aliphatic rings. The van der Waals surface area contributed by atoms with Crippen LogP contribution in [-0.2, 0) is 14.6 Å². The normalized spacial score (nSPS) is 21.8. The van der Waals surface area contributed by atoms with E-state index < -0.39 is 27.3 Å². The number of amides is 1. The van der Waals surface area contributed by atoms with Crippen LogP contribution in [0.4, 0.5) is 0 Å². The van der Waals surface area contributed by atoms with Gasteiger partial charge < -0.3 is 10.0 Å². The maximum absolute atomic E-state index is 12.6. The van der Waals surface area contributed by atoms with E-state index in [0.717, 1.165) is 0 Å². The van der Waals surface area contributed by atoms with Crippen LogP contribution in [0.1, 0.15) is 37.0 Å². The summed E-state index contributed by atoms with van der Waals surface area (Å²) in [4.78, 5) is 25.4. The lowest BCUT2D eigenvalue weighted by atomic mass is 9.98. The molecule has 1 N–H and O–H groups in total. The first kappa shape index (κ1) is 16.5. The van der Waals surface area contributed by atoms with Crippen molar-refractivity contribution in [3.63, 3.8) is 0 Å². The first-order valence-corrected chi connectivity index (χ1v) is 8.76. The number of sulfone groups is 1. The molecule has 22 heavy (non-hydrogen) atoms. The van der Waals surface area contributed by atoms with Gasteiger partial charge in [-0.1, -0.05) is 13.0 Å². The van der Waals surface area contributed by atoms with Crippen molar-refractivity contribution in [3.8, 4) is 0 Å². The highest BCUT2D eigenvalue weighted by atomic mass is 32.2. The highest BCUT2D eigenvalue weighted by Crippen LogP contribution is 2.31. The summed E-state index contributed by atoms with van der Waals surface area (Å²) in [6.45, 7) is 3.41. The zero-order valence-corrected chi connectivity index (χ0v) is 13.4. The monoisotopic (exact) mass is 325 g/mol. The molecule has 0 aromatic heterocycles. The molecule has 0 spiro atoms. The van der Waals surface area contributed by atoms with E-state index in [1.165, 1.54) is 43.0 Å². The maximum Gasteiger partial charge on any atom is 0.329 e. The summed E-state index contributed by atoms with van der Waals surface area (Å²) in [5.74, 6) is -1.55. The fourth-order valence-corrected chi connectivity index (χ4v) is 3.58. The second-order valence-electron chi connectivity index (χ2n) is 5.57. The Labute approximate surface area is 129 Å². The van der Waals surface area contributed by atoms with E-state index in [-0.39, 0.29) is 16.2 Å². The maximum atomic E-state index is 12.6. The summed E-state index contributed by atoms with van der Waals surface area (Å²) in [5.41, 5.74) is -1.04. The Kier molecular flexibility index (Phi) is 4.28. The molecule has 0 radical (unpaired) electrons. The molecule has 0 bridgehead atoms. The van der Waals surface area contributed by atoms with Crippen molar-refractivity contribution >= 4 is 21.7 Å². The molecular formula is C15H19NO5S. The average Bonchev–Trinajstić information content (AvgIpc) is 2.90. The first-order valence-electron chi connectivity index (χ1n) is 7.10. The van der Waals surface area contributed by atoms with Gasteiger partial charge in [-0.25, -0.2) is 13.2 Å². The molecule has 120 valence electrons. The number of carbonyl (C=O) groups excluding carboxylic acids is 1. The summed E-state index contributed by atoms with van der Waals surface area (Å²) in [6.07, 6.45) is 1.00. The van der Waals surface area contributed by atoms with E-state index in [0.29, 0.717) is 19.4 Å². The number of hydrogen-bond donors (Lipinski definition) is 1. The minimum absolute atomic E-state index is 0.0544. The topological polar surface area (TPSA) is 91.8 Å². The average molecular weight is 325 g/mol. The number of rotatable bonds is 4. The third-order valence-electron chi connectivity index (χ3n) is 4.17. The molecule has 0 aliphatic carbocycles. The zero-order chi connectivity index (χ0) is 16.5. The van der Waals surface area contributed by atoms with E-state index in [4.69, 9.17) is 0 Å². The molecule has 1 unspecified atom stereocenters. The SMILES string of the molecule is CCS(=O)(=O)c1cccc(C(=O)N2CCCC2(C)C(=O)O)c1. The summed E-state index contributed by atoms with van der Waals surface area (Å²) in [5, 5.41) is 9.37. The van der Waals surface area contributed by atoms with Crippen LogP contribution < -0.4 is 0 Å². The van der Waals surface area contributed by atoms with Gasteiger partial charge in [-0.15, -0.1) is 0 Å². The molecule has 1 aromatic rings. The Morgan fingerprint density at radius 3 is 2.64 bits per heavy atom. The fourth-order valence-electron chi connectivity index (χ4n) is 2.66. The lowest BCUT2D eigenvalue weighted by Crippen LogP contribution is -2.50. The molecule has 1 heterocycles. The number of benzene rings is 1. The van der Waals surface area contributed by atoms with Crippen molar-refractivity contribution in [2.24, 2.45) is 0 Å². The molecule has 7 heteroatoms. The van der Waals surface area contributed by atoms with Gasteiger partial charge in [0.2, 0.25) is 0 Å². The van der Waals surface area contributed by atoms with Crippen molar-refractivity contribution < 1.29 is 23.1 Å². The van der Waals surface area contributed by atoms with E-state index >= 15 is 0 Å². The van der Waals surface area contributed by atoms with Gasteiger partial charge in [-0.2, -0.15) is 0 Å². The van der Waals surface area contributed by atoms with Crippen LogP contribution in [0, 0.1) is 0 Å². The number of nitrogens with zero attached hydrogens (tertiary/aromatic N) is 1. The van der Waals surface area contributed by atoms with Gasteiger partial charge in [0.25, 0.3) is 5.91 Å². The first-order chi connectivity index (χ1) is 10.2. The number of likely N-dealkylation sites (tertiary alicyclic amines) is 1. The van der Waals surface area contributed by atoms with Crippen molar-refractivity contribution in [3.05, 3.63) is 29.8 Å². The quantitative estimate of drug-likeness (QED) is 0.907. The highest BCUT2D eigenvalue weighted by Gasteiger charge is 2.46. The third kappa shape index (κ3) is 2.72. The Morgan fingerprint density at radius 1 is 1.36 bits per heavy atom. The van der Waals surface area contributed by atoms with Gasteiger partial charge in [0.15, 0.2) is 9.84 Å². The molecule has 1 aliphatic heterocycles. The molecule has 1 fully saturated rings. The number of carboxylic acids is 1. The summed E-state index contributed by atoms with van der Waals surface area (Å²) >= 11 is 0. The molecule has 0 saturated carbocycles. The van der Waals surface area contributed by atoms with Crippen LogP contribution in [0.2, 0.25) is 0 Å². The van der Waals surface area contributed by atoms with Crippen molar-refractivity contribution in [1.82, 2.24) is 4.90 Å². The Balaban J connectivity index is 2.39. The van der Waals surface area contributed by atoms with Gasteiger partial charge in [0.05, 0.1) is 10.6 Å². The van der Waals surface area contributed by atoms with Crippen LogP contribution in [0.25, 0.3) is 0 Å². The fraction of sp³-hybridized carbons (Fsp3) is 0.467. The molecular weight excluding hydrogens is 306 g/mol. The Bertz CT molecular complexity index is 712. The second kappa shape index (κ2) is 5.72. The predicted molar refractivity (Wildman–Crippen MR) is 80.5 cm³/mol. The van der Waals surface area contributed by atoms with Crippen LogP contribution in [-0.4, -0.2) is 48.1 Å². The smallest absolute Gasteiger partial charge is 0.329 e. The van der Waals surface area contributed by atoms with Crippen molar-refractivity contribution in [1.29, 1.82) is 0 Å². The third-order valence-corrected chi connectivity index (χ3v) is 5.90. The van der Waals surface area contributed by atoms with Crippen LogP contribution >= 0.6 is 0 Å². The van der Waals surface area contributed by atoms with Crippen molar-refractivity contribution in [2.75, 3.05) is 12.3 Å². The second-order valence-corrected chi connectivity index (χ2v) is 7.85. The van der Waals surface area contributed by atoms with Gasteiger partial charge in [-0.3, -0.25) is 4.79 Å². The van der Waals surface area contributed by atoms with Crippen LogP contribution in [0.5, 0.6) is 0 Å².